The Bertz CT molecular complexity index is 970. The zero-order valence-electron chi connectivity index (χ0n) is 25.2. The highest BCUT2D eigenvalue weighted by Gasteiger charge is 2.31. The van der Waals surface area contributed by atoms with Gasteiger partial charge in [0, 0.05) is 6.61 Å². The zero-order valence-corrected chi connectivity index (χ0v) is 25.2. The number of rotatable bonds is 14. The van der Waals surface area contributed by atoms with Crippen LogP contribution in [0.25, 0.3) is 0 Å². The molecular weight excluding hydrogens is 505 g/mol. The minimum absolute atomic E-state index is 0.137. The van der Waals surface area contributed by atoms with Crippen molar-refractivity contribution >= 4 is 7.32 Å². The first-order valence-corrected chi connectivity index (χ1v) is 13.6. The molecule has 0 aliphatic heterocycles. The Morgan fingerprint density at radius 3 is 1.15 bits per heavy atom. The van der Waals surface area contributed by atoms with E-state index < -0.39 is 7.32 Å². The minimum Gasteiger partial charge on any atom is -0.497 e. The molecule has 0 fully saturated rings. The molecule has 0 heterocycles. The van der Waals surface area contributed by atoms with Crippen LogP contribution < -0.4 is 14.2 Å². The Hall–Kier alpha value is -3.04. The predicted octanol–water partition coefficient (Wildman–Crippen LogP) is 4.82. The highest BCUT2D eigenvalue weighted by atomic mass is 16.6. The highest BCUT2D eigenvalue weighted by Crippen LogP contribution is 2.38. The lowest BCUT2D eigenvalue weighted by molar-refractivity contribution is -0.849. The monoisotopic (exact) mass is 552 g/mol. The van der Waals surface area contributed by atoms with Crippen LogP contribution in [0.5, 0.6) is 17.2 Å². The molecule has 0 radical (unpaired) electrons. The highest BCUT2D eigenvalue weighted by molar-refractivity contribution is 6.32. The molecule has 3 rings (SSSR count). The first kappa shape index (κ1) is 33.2. The summed E-state index contributed by atoms with van der Waals surface area (Å²) in [5, 5.41) is 18.3. The maximum atomic E-state index is 9.13. The standard InChI is InChI=1S/C28H35BO6.C4H12N/c1-32-25-11-5-22(6-12-25)19-28(17-4-18-35-29(30)31,20-23-7-13-26(33-2)14-8-23)21-24-9-15-27(34-3)16-10-24;1-5(2,3)4/h5-16,30-31H,4,17-21H2,1-3H3;1-4H3/q;+1. The molecular formula is C32H47BNO6+. The Morgan fingerprint density at radius 1 is 0.600 bits per heavy atom. The van der Waals surface area contributed by atoms with Gasteiger partial charge in [0.1, 0.15) is 17.2 Å². The Kier molecular flexibility index (Phi) is 13.5. The molecule has 0 saturated heterocycles. The van der Waals surface area contributed by atoms with Crippen molar-refractivity contribution in [1.29, 1.82) is 0 Å². The van der Waals surface area contributed by atoms with E-state index in [-0.39, 0.29) is 12.0 Å². The summed E-state index contributed by atoms with van der Waals surface area (Å²) in [7, 11) is 11.8. The number of ether oxygens (including phenoxy) is 3. The van der Waals surface area contributed by atoms with Gasteiger partial charge in [0.2, 0.25) is 0 Å². The molecule has 0 bridgehead atoms. The number of nitrogens with zero attached hydrogens (tertiary/aromatic N) is 1. The molecule has 0 aromatic heterocycles. The number of quaternary nitrogens is 1. The molecule has 2 N–H and O–H groups in total. The second-order valence-corrected chi connectivity index (χ2v) is 11.6. The third-order valence-electron chi connectivity index (χ3n) is 6.33. The summed E-state index contributed by atoms with van der Waals surface area (Å²) in [6, 6.07) is 24.6. The number of benzene rings is 3. The molecule has 0 aliphatic rings. The maximum absolute atomic E-state index is 9.13. The van der Waals surface area contributed by atoms with Crippen LogP contribution in [0.2, 0.25) is 0 Å². The van der Waals surface area contributed by atoms with Gasteiger partial charge < -0.3 is 33.4 Å². The van der Waals surface area contributed by atoms with E-state index in [1.165, 1.54) is 16.7 Å². The van der Waals surface area contributed by atoms with Crippen LogP contribution in [0.1, 0.15) is 29.5 Å². The van der Waals surface area contributed by atoms with Crippen LogP contribution in [0.3, 0.4) is 0 Å². The lowest BCUT2D eigenvalue weighted by Gasteiger charge is -2.35. The molecule has 0 unspecified atom stereocenters. The minimum atomic E-state index is -1.76. The van der Waals surface area contributed by atoms with Crippen molar-refractivity contribution in [2.24, 2.45) is 5.41 Å². The summed E-state index contributed by atoms with van der Waals surface area (Å²) in [6.45, 7) is 0.271. The lowest BCUT2D eigenvalue weighted by Crippen LogP contribution is -2.30. The molecule has 218 valence electrons. The summed E-state index contributed by atoms with van der Waals surface area (Å²) < 4.78 is 22.1. The molecule has 0 amide bonds. The van der Waals surface area contributed by atoms with E-state index in [2.05, 4.69) is 64.6 Å². The quantitative estimate of drug-likeness (QED) is 0.170. The van der Waals surface area contributed by atoms with Crippen molar-refractivity contribution in [1.82, 2.24) is 0 Å². The van der Waals surface area contributed by atoms with Crippen molar-refractivity contribution in [2.75, 3.05) is 56.1 Å². The fraction of sp³-hybridized carbons (Fsp3) is 0.438. The topological polar surface area (TPSA) is 77.4 Å². The second-order valence-electron chi connectivity index (χ2n) is 11.6. The Morgan fingerprint density at radius 2 is 0.900 bits per heavy atom. The van der Waals surface area contributed by atoms with E-state index >= 15 is 0 Å². The lowest BCUT2D eigenvalue weighted by atomic mass is 9.69. The van der Waals surface area contributed by atoms with Crippen LogP contribution in [0.4, 0.5) is 0 Å². The van der Waals surface area contributed by atoms with E-state index in [1.807, 2.05) is 36.4 Å². The van der Waals surface area contributed by atoms with E-state index in [0.29, 0.717) is 6.42 Å². The molecule has 8 heteroatoms. The van der Waals surface area contributed by atoms with Gasteiger partial charge in [0.25, 0.3) is 0 Å². The molecule has 0 saturated carbocycles. The first-order chi connectivity index (χ1) is 18.9. The predicted molar refractivity (Wildman–Crippen MR) is 162 cm³/mol. The van der Waals surface area contributed by atoms with Crippen LogP contribution in [0, 0.1) is 5.41 Å². The van der Waals surface area contributed by atoms with Crippen LogP contribution in [-0.2, 0) is 23.9 Å². The zero-order chi connectivity index (χ0) is 29.6. The molecule has 3 aromatic rings. The van der Waals surface area contributed by atoms with E-state index in [9.17, 15) is 0 Å². The normalized spacial score (nSPS) is 11.3. The molecule has 3 aromatic carbocycles. The van der Waals surface area contributed by atoms with Gasteiger partial charge in [-0.15, -0.1) is 0 Å². The largest absolute Gasteiger partial charge is 0.633 e. The summed E-state index contributed by atoms with van der Waals surface area (Å²) in [6.07, 6.45) is 4.06. The van der Waals surface area contributed by atoms with Gasteiger partial charge in [-0.3, -0.25) is 0 Å². The fourth-order valence-corrected chi connectivity index (χ4v) is 4.62. The molecule has 40 heavy (non-hydrogen) atoms. The van der Waals surface area contributed by atoms with Gasteiger partial charge in [0.05, 0.1) is 49.5 Å². The summed E-state index contributed by atoms with van der Waals surface area (Å²) in [4.78, 5) is 0. The fourth-order valence-electron chi connectivity index (χ4n) is 4.62. The third-order valence-corrected chi connectivity index (χ3v) is 6.33. The Balaban J connectivity index is 0.00000103. The first-order valence-electron chi connectivity index (χ1n) is 13.6. The van der Waals surface area contributed by atoms with Crippen molar-refractivity contribution in [3.8, 4) is 17.2 Å². The second kappa shape index (κ2) is 16.3. The SMILES string of the molecule is COc1ccc(CC(CCCOB(O)O)(Cc2ccc(OC)cc2)Cc2ccc(OC)cc2)cc1.C[N+](C)(C)C. The van der Waals surface area contributed by atoms with Gasteiger partial charge in [-0.05, 0) is 90.6 Å². The van der Waals surface area contributed by atoms with Crippen LogP contribution in [0.15, 0.2) is 72.8 Å². The third kappa shape index (κ3) is 12.9. The van der Waals surface area contributed by atoms with Gasteiger partial charge in [-0.1, -0.05) is 36.4 Å². The maximum Gasteiger partial charge on any atom is 0.633 e. The van der Waals surface area contributed by atoms with Crippen LogP contribution >= 0.6 is 0 Å². The Labute approximate surface area is 241 Å². The average molecular weight is 553 g/mol. The molecule has 0 aliphatic carbocycles. The molecule has 0 atom stereocenters. The summed E-state index contributed by atoms with van der Waals surface area (Å²) in [5.74, 6) is 2.49. The van der Waals surface area contributed by atoms with Gasteiger partial charge >= 0.3 is 7.32 Å². The van der Waals surface area contributed by atoms with Crippen molar-refractivity contribution in [2.45, 2.75) is 32.1 Å². The summed E-state index contributed by atoms with van der Waals surface area (Å²) >= 11 is 0. The van der Waals surface area contributed by atoms with E-state index in [0.717, 1.165) is 47.4 Å². The van der Waals surface area contributed by atoms with Gasteiger partial charge in [0.15, 0.2) is 0 Å². The number of hydrogen-bond acceptors (Lipinski definition) is 6. The van der Waals surface area contributed by atoms with Gasteiger partial charge in [-0.2, -0.15) is 0 Å². The van der Waals surface area contributed by atoms with Crippen molar-refractivity contribution in [3.05, 3.63) is 89.5 Å². The smallest absolute Gasteiger partial charge is 0.497 e. The molecule has 7 nitrogen and oxygen atoms in total. The number of hydrogen-bond donors (Lipinski definition) is 2. The van der Waals surface area contributed by atoms with Gasteiger partial charge in [-0.25, -0.2) is 0 Å². The van der Waals surface area contributed by atoms with Crippen molar-refractivity contribution < 1.29 is 33.4 Å². The molecule has 0 spiro atoms. The van der Waals surface area contributed by atoms with E-state index in [4.69, 9.17) is 28.9 Å². The number of methoxy groups -OCH3 is 3. The average Bonchev–Trinajstić information content (AvgIpc) is 2.91. The van der Waals surface area contributed by atoms with Crippen LogP contribution in [-0.4, -0.2) is 78.0 Å². The summed E-state index contributed by atoms with van der Waals surface area (Å²) in [5.41, 5.74) is 3.52. The van der Waals surface area contributed by atoms with Crippen molar-refractivity contribution in [3.63, 3.8) is 0 Å². The van der Waals surface area contributed by atoms with E-state index in [1.54, 1.807) is 21.3 Å².